The molecule has 0 amide bonds. The summed E-state index contributed by atoms with van der Waals surface area (Å²) in [5, 5.41) is 0.335. The van der Waals surface area contributed by atoms with Crippen molar-refractivity contribution in [2.45, 2.75) is 25.2 Å². The van der Waals surface area contributed by atoms with Gasteiger partial charge in [0, 0.05) is 17.6 Å². The van der Waals surface area contributed by atoms with E-state index in [0.29, 0.717) is 17.0 Å². The smallest absolute Gasteiger partial charge is 0.197 e. The number of hydrogen-bond acceptors (Lipinski definition) is 2. The minimum atomic E-state index is 0.0407. The highest BCUT2D eigenvalue weighted by Gasteiger charge is 2.42. The predicted molar refractivity (Wildman–Crippen MR) is 81.5 cm³/mol. The molecule has 3 atom stereocenters. The fourth-order valence-electron chi connectivity index (χ4n) is 3.14. The van der Waals surface area contributed by atoms with Crippen LogP contribution in [0, 0.1) is 5.92 Å². The van der Waals surface area contributed by atoms with Crippen molar-refractivity contribution in [1.29, 1.82) is 0 Å². The highest BCUT2D eigenvalue weighted by atomic mass is 32.2. The Labute approximate surface area is 118 Å². The number of carbonyl (C=O) groups excluding carboxylic acids is 1. The Bertz CT molecular complexity index is 544. The van der Waals surface area contributed by atoms with Crippen molar-refractivity contribution in [3.63, 3.8) is 0 Å². The Balaban J connectivity index is 1.97. The molecule has 0 spiro atoms. The highest BCUT2D eigenvalue weighted by molar-refractivity contribution is 8.13. The third-order valence-corrected chi connectivity index (χ3v) is 5.11. The van der Waals surface area contributed by atoms with Gasteiger partial charge in [-0.1, -0.05) is 67.3 Å². The largest absolute Gasteiger partial charge is 0.287 e. The van der Waals surface area contributed by atoms with E-state index in [0.717, 1.165) is 12.2 Å². The number of carbonyl (C=O) groups is 1. The molecule has 0 aromatic heterocycles. The SMILES string of the molecule is CCCSC(=O)C1c2ccccc2C2C=CC=CC21. The molecule has 19 heavy (non-hydrogen) atoms. The average Bonchev–Trinajstić information content (AvgIpc) is 2.79. The molecular formula is C17H18OS. The van der Waals surface area contributed by atoms with Gasteiger partial charge in [0.2, 0.25) is 0 Å². The highest BCUT2D eigenvalue weighted by Crippen LogP contribution is 2.50. The molecule has 0 fully saturated rings. The van der Waals surface area contributed by atoms with Crippen molar-refractivity contribution in [2.24, 2.45) is 5.92 Å². The summed E-state index contributed by atoms with van der Waals surface area (Å²) in [5.74, 6) is 1.67. The molecule has 0 bridgehead atoms. The Morgan fingerprint density at radius 2 is 1.89 bits per heavy atom. The fourth-order valence-corrected chi connectivity index (χ4v) is 4.00. The molecule has 3 rings (SSSR count). The number of fused-ring (bicyclic) bond motifs is 3. The van der Waals surface area contributed by atoms with Gasteiger partial charge in [0.15, 0.2) is 5.12 Å². The summed E-state index contributed by atoms with van der Waals surface area (Å²) in [7, 11) is 0. The molecule has 98 valence electrons. The van der Waals surface area contributed by atoms with Crippen LogP contribution in [0.3, 0.4) is 0 Å². The number of benzene rings is 1. The van der Waals surface area contributed by atoms with Gasteiger partial charge in [0.05, 0.1) is 5.92 Å². The van der Waals surface area contributed by atoms with Gasteiger partial charge in [-0.05, 0) is 17.5 Å². The predicted octanol–water partition coefficient (Wildman–Crippen LogP) is 4.28. The van der Waals surface area contributed by atoms with E-state index < -0.39 is 0 Å². The first-order valence-electron chi connectivity index (χ1n) is 6.93. The third kappa shape index (κ3) is 2.18. The van der Waals surface area contributed by atoms with Gasteiger partial charge >= 0.3 is 0 Å². The van der Waals surface area contributed by atoms with E-state index in [2.05, 4.69) is 49.4 Å². The fraction of sp³-hybridized carbons (Fsp3) is 0.353. The Hall–Kier alpha value is -1.28. The van der Waals surface area contributed by atoms with E-state index in [1.807, 2.05) is 6.07 Å². The molecule has 0 aliphatic heterocycles. The maximum atomic E-state index is 12.5. The number of rotatable bonds is 3. The van der Waals surface area contributed by atoms with Crippen molar-refractivity contribution in [3.8, 4) is 0 Å². The molecular weight excluding hydrogens is 252 g/mol. The number of hydrogen-bond donors (Lipinski definition) is 0. The number of thioether (sulfide) groups is 1. The summed E-state index contributed by atoms with van der Waals surface area (Å²) in [4.78, 5) is 12.5. The lowest BCUT2D eigenvalue weighted by atomic mass is 9.84. The van der Waals surface area contributed by atoms with Crippen molar-refractivity contribution < 1.29 is 4.79 Å². The van der Waals surface area contributed by atoms with Crippen molar-refractivity contribution >= 4 is 16.9 Å². The first-order chi connectivity index (χ1) is 9.33. The minimum absolute atomic E-state index is 0.0407. The maximum Gasteiger partial charge on any atom is 0.197 e. The lowest BCUT2D eigenvalue weighted by Gasteiger charge is -2.21. The maximum absolute atomic E-state index is 12.5. The summed E-state index contributed by atoms with van der Waals surface area (Å²) in [6.07, 6.45) is 9.68. The first kappa shape index (κ1) is 12.7. The molecule has 1 nitrogen and oxygen atoms in total. The Morgan fingerprint density at radius 3 is 2.68 bits per heavy atom. The lowest BCUT2D eigenvalue weighted by Crippen LogP contribution is -2.17. The second kappa shape index (κ2) is 5.38. The van der Waals surface area contributed by atoms with Crippen LogP contribution in [0.15, 0.2) is 48.6 Å². The summed E-state index contributed by atoms with van der Waals surface area (Å²) in [6, 6.07) is 8.43. The van der Waals surface area contributed by atoms with Crippen LogP contribution in [-0.4, -0.2) is 10.9 Å². The number of allylic oxidation sites excluding steroid dienone is 4. The van der Waals surface area contributed by atoms with E-state index in [4.69, 9.17) is 0 Å². The molecule has 1 aromatic carbocycles. The summed E-state index contributed by atoms with van der Waals surface area (Å²) in [6.45, 7) is 2.12. The molecule has 2 aliphatic carbocycles. The summed E-state index contributed by atoms with van der Waals surface area (Å²) in [5.41, 5.74) is 2.57. The molecule has 3 unspecified atom stereocenters. The minimum Gasteiger partial charge on any atom is -0.287 e. The first-order valence-corrected chi connectivity index (χ1v) is 7.92. The normalized spacial score (nSPS) is 27.1. The summed E-state index contributed by atoms with van der Waals surface area (Å²) >= 11 is 1.50. The van der Waals surface area contributed by atoms with Gasteiger partial charge in [-0.25, -0.2) is 0 Å². The van der Waals surface area contributed by atoms with Crippen LogP contribution in [0.4, 0.5) is 0 Å². The van der Waals surface area contributed by atoms with E-state index in [-0.39, 0.29) is 5.92 Å². The molecule has 0 heterocycles. The van der Waals surface area contributed by atoms with Gasteiger partial charge in [-0.2, -0.15) is 0 Å². The van der Waals surface area contributed by atoms with Crippen LogP contribution in [0.25, 0.3) is 0 Å². The van der Waals surface area contributed by atoms with Gasteiger partial charge < -0.3 is 0 Å². The van der Waals surface area contributed by atoms with Gasteiger partial charge in [-0.15, -0.1) is 0 Å². The zero-order chi connectivity index (χ0) is 13.2. The standard InChI is InChI=1S/C17H18OS/c1-2-11-19-17(18)16-14-9-5-3-7-12(14)13-8-4-6-10-15(13)16/h3-10,12,14,16H,2,11H2,1H3. The second-order valence-electron chi connectivity index (χ2n) is 5.15. The van der Waals surface area contributed by atoms with Crippen molar-refractivity contribution in [2.75, 3.05) is 5.75 Å². The van der Waals surface area contributed by atoms with Crippen molar-refractivity contribution in [1.82, 2.24) is 0 Å². The zero-order valence-corrected chi connectivity index (χ0v) is 11.9. The quantitative estimate of drug-likeness (QED) is 0.815. The summed E-state index contributed by atoms with van der Waals surface area (Å²) < 4.78 is 0. The topological polar surface area (TPSA) is 17.1 Å². The van der Waals surface area contributed by atoms with Crippen LogP contribution in [-0.2, 0) is 4.79 Å². The van der Waals surface area contributed by atoms with Crippen LogP contribution < -0.4 is 0 Å². The van der Waals surface area contributed by atoms with Crippen LogP contribution >= 0.6 is 11.8 Å². The molecule has 1 aromatic rings. The molecule has 0 saturated carbocycles. The van der Waals surface area contributed by atoms with Gasteiger partial charge in [0.1, 0.15) is 0 Å². The Kier molecular flexibility index (Phi) is 3.61. The molecule has 0 radical (unpaired) electrons. The molecule has 0 N–H and O–H groups in total. The third-order valence-electron chi connectivity index (χ3n) is 3.96. The van der Waals surface area contributed by atoms with E-state index in [1.165, 1.54) is 22.9 Å². The lowest BCUT2D eigenvalue weighted by molar-refractivity contribution is -0.112. The van der Waals surface area contributed by atoms with E-state index in [1.54, 1.807) is 0 Å². The van der Waals surface area contributed by atoms with E-state index in [9.17, 15) is 4.79 Å². The average molecular weight is 270 g/mol. The Morgan fingerprint density at radius 1 is 1.16 bits per heavy atom. The van der Waals surface area contributed by atoms with Crippen LogP contribution in [0.1, 0.15) is 36.3 Å². The second-order valence-corrected chi connectivity index (χ2v) is 6.25. The van der Waals surface area contributed by atoms with Gasteiger partial charge in [0.25, 0.3) is 0 Å². The van der Waals surface area contributed by atoms with Gasteiger partial charge in [-0.3, -0.25) is 4.79 Å². The van der Waals surface area contributed by atoms with Crippen LogP contribution in [0.5, 0.6) is 0 Å². The van der Waals surface area contributed by atoms with Crippen LogP contribution in [0.2, 0.25) is 0 Å². The molecule has 2 heteroatoms. The monoisotopic (exact) mass is 270 g/mol. The van der Waals surface area contributed by atoms with E-state index >= 15 is 0 Å². The van der Waals surface area contributed by atoms with Crippen molar-refractivity contribution in [3.05, 3.63) is 59.7 Å². The zero-order valence-electron chi connectivity index (χ0n) is 11.1. The molecule has 2 aliphatic rings. The molecule has 0 saturated heterocycles.